The van der Waals surface area contributed by atoms with E-state index in [1.165, 1.54) is 4.31 Å². The summed E-state index contributed by atoms with van der Waals surface area (Å²) in [6.07, 6.45) is 2.07. The topological polar surface area (TPSA) is 70.7 Å². The van der Waals surface area contributed by atoms with Gasteiger partial charge in [0, 0.05) is 19.1 Å². The van der Waals surface area contributed by atoms with Gasteiger partial charge in [0.2, 0.25) is 0 Å². The standard InChI is InChI=1S/C11H23N3O3S/c1-10(11-2-4-12-5-3-11)13-18(15,16)14-6-8-17-9-7-14/h10-13H,2-9H2,1H3. The van der Waals surface area contributed by atoms with E-state index in [2.05, 4.69) is 10.0 Å². The summed E-state index contributed by atoms with van der Waals surface area (Å²) in [5.41, 5.74) is 0. The molecule has 2 N–H and O–H groups in total. The summed E-state index contributed by atoms with van der Waals surface area (Å²) in [5.74, 6) is 0.432. The van der Waals surface area contributed by atoms with E-state index in [9.17, 15) is 8.42 Å². The molecule has 7 heteroatoms. The molecule has 2 saturated heterocycles. The third-order valence-corrected chi connectivity index (χ3v) is 5.45. The quantitative estimate of drug-likeness (QED) is 0.729. The first-order valence-corrected chi connectivity index (χ1v) is 8.09. The van der Waals surface area contributed by atoms with Crippen LogP contribution in [-0.2, 0) is 14.9 Å². The van der Waals surface area contributed by atoms with E-state index in [1.807, 2.05) is 6.92 Å². The van der Waals surface area contributed by atoms with Crippen LogP contribution in [0.1, 0.15) is 19.8 Å². The molecule has 0 amide bonds. The number of ether oxygens (including phenoxy) is 1. The molecule has 0 aromatic heterocycles. The molecule has 2 aliphatic heterocycles. The molecule has 18 heavy (non-hydrogen) atoms. The average Bonchev–Trinajstić information content (AvgIpc) is 2.40. The zero-order chi connectivity index (χ0) is 13.0. The van der Waals surface area contributed by atoms with Crippen LogP contribution in [0.4, 0.5) is 0 Å². The van der Waals surface area contributed by atoms with Crippen molar-refractivity contribution in [1.82, 2.24) is 14.3 Å². The van der Waals surface area contributed by atoms with Crippen molar-refractivity contribution in [3.05, 3.63) is 0 Å². The van der Waals surface area contributed by atoms with E-state index in [0.717, 1.165) is 25.9 Å². The Kier molecular flexibility index (Phi) is 4.97. The smallest absolute Gasteiger partial charge is 0.279 e. The normalized spacial score (nSPS) is 26.1. The number of piperidine rings is 1. The van der Waals surface area contributed by atoms with Crippen molar-refractivity contribution in [2.75, 3.05) is 39.4 Å². The van der Waals surface area contributed by atoms with E-state index >= 15 is 0 Å². The number of hydrogen-bond donors (Lipinski definition) is 2. The lowest BCUT2D eigenvalue weighted by molar-refractivity contribution is 0.0721. The Morgan fingerprint density at radius 1 is 1.28 bits per heavy atom. The number of rotatable bonds is 4. The summed E-state index contributed by atoms with van der Waals surface area (Å²) in [7, 11) is -3.35. The van der Waals surface area contributed by atoms with Gasteiger partial charge in [-0.25, -0.2) is 0 Å². The Morgan fingerprint density at radius 2 is 1.89 bits per heavy atom. The van der Waals surface area contributed by atoms with Crippen molar-refractivity contribution in [2.24, 2.45) is 5.92 Å². The number of hydrogen-bond acceptors (Lipinski definition) is 4. The molecular weight excluding hydrogens is 254 g/mol. The van der Waals surface area contributed by atoms with Gasteiger partial charge in [-0.1, -0.05) is 0 Å². The number of nitrogens with one attached hydrogen (secondary N) is 2. The van der Waals surface area contributed by atoms with Crippen LogP contribution < -0.4 is 10.0 Å². The SMILES string of the molecule is CC(NS(=O)(=O)N1CCOCC1)C1CCNCC1. The first-order valence-electron chi connectivity index (χ1n) is 6.65. The lowest BCUT2D eigenvalue weighted by atomic mass is 9.92. The predicted molar refractivity (Wildman–Crippen MR) is 69.5 cm³/mol. The molecule has 0 aliphatic carbocycles. The highest BCUT2D eigenvalue weighted by Gasteiger charge is 2.29. The minimum atomic E-state index is -3.35. The average molecular weight is 277 g/mol. The second kappa shape index (κ2) is 6.29. The number of morpholine rings is 1. The summed E-state index contributed by atoms with van der Waals surface area (Å²) in [6, 6.07) is -0.0000510. The Balaban J connectivity index is 1.89. The monoisotopic (exact) mass is 277 g/mol. The predicted octanol–water partition coefficient (Wildman–Crippen LogP) is -0.459. The van der Waals surface area contributed by atoms with Gasteiger partial charge >= 0.3 is 0 Å². The molecule has 0 bridgehead atoms. The minimum absolute atomic E-state index is 0.0000510. The van der Waals surface area contributed by atoms with Crippen LogP contribution in [-0.4, -0.2) is 58.2 Å². The molecule has 6 nitrogen and oxygen atoms in total. The molecule has 0 radical (unpaired) electrons. The van der Waals surface area contributed by atoms with Crippen molar-refractivity contribution in [3.63, 3.8) is 0 Å². The van der Waals surface area contributed by atoms with Gasteiger partial charge in [0.1, 0.15) is 0 Å². The van der Waals surface area contributed by atoms with Crippen LogP contribution in [0.15, 0.2) is 0 Å². The summed E-state index contributed by atoms with van der Waals surface area (Å²) >= 11 is 0. The highest BCUT2D eigenvalue weighted by molar-refractivity contribution is 7.87. The van der Waals surface area contributed by atoms with E-state index in [1.54, 1.807) is 0 Å². The maximum Gasteiger partial charge on any atom is 0.279 e. The Morgan fingerprint density at radius 3 is 2.50 bits per heavy atom. The lowest BCUT2D eigenvalue weighted by Crippen LogP contribution is -2.51. The molecule has 1 unspecified atom stereocenters. The molecule has 0 aromatic carbocycles. The molecule has 0 aromatic rings. The summed E-state index contributed by atoms with van der Waals surface area (Å²) in [6.45, 7) is 5.81. The fourth-order valence-corrected chi connectivity index (χ4v) is 3.98. The molecule has 2 aliphatic rings. The van der Waals surface area contributed by atoms with Gasteiger partial charge < -0.3 is 10.1 Å². The van der Waals surface area contributed by atoms with Gasteiger partial charge in [0.15, 0.2) is 0 Å². The summed E-state index contributed by atoms with van der Waals surface area (Å²) in [5, 5.41) is 3.29. The molecular formula is C11H23N3O3S. The minimum Gasteiger partial charge on any atom is -0.379 e. The van der Waals surface area contributed by atoms with Gasteiger partial charge in [0.05, 0.1) is 13.2 Å². The third-order valence-electron chi connectivity index (χ3n) is 3.74. The van der Waals surface area contributed by atoms with Gasteiger partial charge in [-0.2, -0.15) is 17.4 Å². The summed E-state index contributed by atoms with van der Waals surface area (Å²) in [4.78, 5) is 0. The second-order valence-corrected chi connectivity index (χ2v) is 6.71. The molecule has 0 spiro atoms. The van der Waals surface area contributed by atoms with Crippen molar-refractivity contribution in [1.29, 1.82) is 0 Å². The van der Waals surface area contributed by atoms with Crippen molar-refractivity contribution in [3.8, 4) is 0 Å². The maximum absolute atomic E-state index is 12.2. The van der Waals surface area contributed by atoms with Gasteiger partial charge in [0.25, 0.3) is 10.2 Å². The zero-order valence-corrected chi connectivity index (χ0v) is 11.7. The Bertz CT molecular complexity index is 349. The van der Waals surface area contributed by atoms with Gasteiger partial charge in [-0.05, 0) is 38.8 Å². The third kappa shape index (κ3) is 3.64. The highest BCUT2D eigenvalue weighted by Crippen LogP contribution is 2.17. The Hall–Kier alpha value is -0.210. The first-order chi connectivity index (χ1) is 8.59. The van der Waals surface area contributed by atoms with Crippen molar-refractivity contribution >= 4 is 10.2 Å². The van der Waals surface area contributed by atoms with Crippen LogP contribution in [0.2, 0.25) is 0 Å². The zero-order valence-electron chi connectivity index (χ0n) is 10.9. The fraction of sp³-hybridized carbons (Fsp3) is 1.00. The second-order valence-electron chi connectivity index (χ2n) is 5.01. The molecule has 2 fully saturated rings. The van der Waals surface area contributed by atoms with Crippen molar-refractivity contribution in [2.45, 2.75) is 25.8 Å². The van der Waals surface area contributed by atoms with E-state index in [4.69, 9.17) is 4.74 Å². The largest absolute Gasteiger partial charge is 0.379 e. The van der Waals surface area contributed by atoms with Crippen LogP contribution >= 0.6 is 0 Å². The molecule has 106 valence electrons. The van der Waals surface area contributed by atoms with E-state index < -0.39 is 10.2 Å². The van der Waals surface area contributed by atoms with E-state index in [-0.39, 0.29) is 6.04 Å². The van der Waals surface area contributed by atoms with Gasteiger partial charge in [-0.3, -0.25) is 0 Å². The van der Waals surface area contributed by atoms with Crippen LogP contribution in [0, 0.1) is 5.92 Å². The van der Waals surface area contributed by atoms with Gasteiger partial charge in [-0.15, -0.1) is 0 Å². The number of nitrogens with zero attached hydrogens (tertiary/aromatic N) is 1. The summed E-state index contributed by atoms with van der Waals surface area (Å²) < 4.78 is 33.8. The van der Waals surface area contributed by atoms with Crippen LogP contribution in [0.3, 0.4) is 0 Å². The van der Waals surface area contributed by atoms with Crippen LogP contribution in [0.5, 0.6) is 0 Å². The highest BCUT2D eigenvalue weighted by atomic mass is 32.2. The maximum atomic E-state index is 12.2. The van der Waals surface area contributed by atoms with Crippen LogP contribution in [0.25, 0.3) is 0 Å². The fourth-order valence-electron chi connectivity index (χ4n) is 2.54. The molecule has 2 heterocycles. The van der Waals surface area contributed by atoms with Crippen molar-refractivity contribution < 1.29 is 13.2 Å². The lowest BCUT2D eigenvalue weighted by Gasteiger charge is -2.32. The molecule has 0 saturated carbocycles. The first kappa shape index (κ1) is 14.2. The van der Waals surface area contributed by atoms with E-state index in [0.29, 0.717) is 32.2 Å². The Labute approximate surface area is 109 Å². The molecule has 2 rings (SSSR count). The molecule has 1 atom stereocenters.